The van der Waals surface area contributed by atoms with Gasteiger partial charge in [0.1, 0.15) is 6.04 Å². The van der Waals surface area contributed by atoms with Gasteiger partial charge in [-0.1, -0.05) is 6.07 Å². The number of hydrogen-bond acceptors (Lipinski definition) is 11. The molecule has 0 bridgehead atoms. The Hall–Kier alpha value is -4.72. The SMILES string of the molecule is CN1CCN(c2cccc(C(=O)N3CCN(C(=O)[C@@H]4CCCN4c4nc(N)n5nc(-c6ccco6)nc5n4)CC3)c2)CC1. The molecular weight excluding hydrogens is 550 g/mol. The zero-order chi connectivity index (χ0) is 29.5. The number of rotatable bonds is 5. The van der Waals surface area contributed by atoms with Crippen LogP contribution in [-0.2, 0) is 4.79 Å². The maximum Gasteiger partial charge on any atom is 0.259 e. The zero-order valence-corrected chi connectivity index (χ0v) is 24.2. The zero-order valence-electron chi connectivity index (χ0n) is 24.2. The molecule has 2 amide bonds. The molecule has 14 heteroatoms. The number of amides is 2. The molecule has 7 rings (SSSR count). The van der Waals surface area contributed by atoms with E-state index in [0.717, 1.165) is 38.3 Å². The van der Waals surface area contributed by atoms with Crippen LogP contribution in [0.15, 0.2) is 47.1 Å². The third-order valence-corrected chi connectivity index (χ3v) is 8.60. The second-order valence-corrected chi connectivity index (χ2v) is 11.3. The fraction of sp³-hybridized carbons (Fsp3) is 0.448. The number of fused-ring (bicyclic) bond motifs is 1. The Morgan fingerprint density at radius 2 is 1.70 bits per heavy atom. The molecule has 0 spiro atoms. The molecule has 1 atom stereocenters. The molecule has 0 saturated carbocycles. The Morgan fingerprint density at radius 1 is 0.907 bits per heavy atom. The predicted molar refractivity (Wildman–Crippen MR) is 160 cm³/mol. The molecule has 3 aliphatic rings. The molecule has 0 aliphatic carbocycles. The van der Waals surface area contributed by atoms with E-state index >= 15 is 0 Å². The number of nitrogens with two attached hydrogens (primary N) is 1. The normalized spacial score (nSPS) is 19.9. The lowest BCUT2D eigenvalue weighted by Gasteiger charge is -2.37. The van der Waals surface area contributed by atoms with E-state index in [1.807, 2.05) is 32.9 Å². The van der Waals surface area contributed by atoms with Gasteiger partial charge in [-0.05, 0) is 50.2 Å². The molecule has 3 saturated heterocycles. The minimum absolute atomic E-state index is 0.00460. The monoisotopic (exact) mass is 585 g/mol. The summed E-state index contributed by atoms with van der Waals surface area (Å²) >= 11 is 0. The first-order valence-corrected chi connectivity index (χ1v) is 14.8. The Morgan fingerprint density at radius 3 is 2.47 bits per heavy atom. The highest BCUT2D eigenvalue weighted by atomic mass is 16.3. The molecule has 14 nitrogen and oxygen atoms in total. The van der Waals surface area contributed by atoms with Gasteiger partial charge in [-0.25, -0.2) is 0 Å². The molecule has 6 heterocycles. The van der Waals surface area contributed by atoms with Crippen molar-refractivity contribution in [2.45, 2.75) is 18.9 Å². The van der Waals surface area contributed by atoms with E-state index in [4.69, 9.17) is 10.2 Å². The van der Waals surface area contributed by atoms with Gasteiger partial charge in [0, 0.05) is 70.2 Å². The fourth-order valence-electron chi connectivity index (χ4n) is 6.12. The van der Waals surface area contributed by atoms with Crippen LogP contribution in [0.4, 0.5) is 17.6 Å². The van der Waals surface area contributed by atoms with Crippen LogP contribution in [0.2, 0.25) is 0 Å². The quantitative estimate of drug-likeness (QED) is 0.359. The van der Waals surface area contributed by atoms with Crippen molar-refractivity contribution < 1.29 is 14.0 Å². The first-order valence-electron chi connectivity index (χ1n) is 14.8. The van der Waals surface area contributed by atoms with Crippen LogP contribution < -0.4 is 15.5 Å². The summed E-state index contributed by atoms with van der Waals surface area (Å²) in [5.74, 6) is 1.65. The number of benzene rings is 1. The number of nitrogen functional groups attached to an aromatic ring is 1. The summed E-state index contributed by atoms with van der Waals surface area (Å²) in [7, 11) is 2.13. The van der Waals surface area contributed by atoms with Crippen LogP contribution in [0, 0.1) is 0 Å². The summed E-state index contributed by atoms with van der Waals surface area (Å²) < 4.78 is 6.77. The smallest absolute Gasteiger partial charge is 0.259 e. The highest BCUT2D eigenvalue weighted by Gasteiger charge is 2.37. The highest BCUT2D eigenvalue weighted by Crippen LogP contribution is 2.27. The van der Waals surface area contributed by atoms with E-state index < -0.39 is 6.04 Å². The fourth-order valence-corrected chi connectivity index (χ4v) is 6.12. The molecule has 0 unspecified atom stereocenters. The predicted octanol–water partition coefficient (Wildman–Crippen LogP) is 1.07. The molecule has 0 radical (unpaired) electrons. The van der Waals surface area contributed by atoms with Gasteiger partial charge in [-0.15, -0.1) is 5.10 Å². The average Bonchev–Trinajstić information content (AvgIpc) is 3.82. The first kappa shape index (κ1) is 27.1. The molecule has 43 heavy (non-hydrogen) atoms. The molecule has 3 fully saturated rings. The van der Waals surface area contributed by atoms with Gasteiger partial charge < -0.3 is 34.7 Å². The summed E-state index contributed by atoms with van der Waals surface area (Å²) in [6.07, 6.45) is 3.07. The third-order valence-electron chi connectivity index (χ3n) is 8.60. The average molecular weight is 586 g/mol. The summed E-state index contributed by atoms with van der Waals surface area (Å²) in [4.78, 5) is 50.9. The van der Waals surface area contributed by atoms with Crippen molar-refractivity contribution in [3.8, 4) is 11.6 Å². The number of nitrogens with zero attached hydrogens (tertiary/aromatic N) is 10. The number of furan rings is 1. The summed E-state index contributed by atoms with van der Waals surface area (Å²) in [5, 5.41) is 4.36. The van der Waals surface area contributed by atoms with Gasteiger partial charge in [0.15, 0.2) is 5.76 Å². The van der Waals surface area contributed by atoms with E-state index in [1.165, 1.54) is 4.52 Å². The number of carbonyl (C=O) groups excluding carboxylic acids is 2. The lowest BCUT2D eigenvalue weighted by atomic mass is 10.1. The van der Waals surface area contributed by atoms with Crippen molar-refractivity contribution in [2.24, 2.45) is 0 Å². The van der Waals surface area contributed by atoms with E-state index in [2.05, 4.69) is 43.0 Å². The molecular formula is C29H35N11O3. The number of carbonyl (C=O) groups is 2. The third kappa shape index (κ3) is 5.22. The maximum absolute atomic E-state index is 13.7. The topological polar surface area (TPSA) is 145 Å². The molecule has 3 aromatic heterocycles. The van der Waals surface area contributed by atoms with Crippen LogP contribution in [-0.4, -0.2) is 123 Å². The van der Waals surface area contributed by atoms with Gasteiger partial charge in [0.05, 0.1) is 6.26 Å². The highest BCUT2D eigenvalue weighted by molar-refractivity contribution is 5.95. The molecule has 2 N–H and O–H groups in total. The van der Waals surface area contributed by atoms with E-state index in [1.54, 1.807) is 18.4 Å². The molecule has 4 aromatic rings. The largest absolute Gasteiger partial charge is 0.461 e. The standard InChI is InChI=1S/C29H35N11O3/c1-35-10-12-36(13-11-35)21-6-2-5-20(19-21)25(41)37-14-16-38(17-15-37)26(42)22-7-3-9-39(22)28-32-27(30)40-29(33-28)31-24(34-40)23-8-4-18-43-23/h2,4-6,8,18-19,22H,3,7,9-17H2,1H3,(H2,30,31,32,33,34)/t22-/m0/s1. The number of anilines is 3. The lowest BCUT2D eigenvalue weighted by Crippen LogP contribution is -2.55. The van der Waals surface area contributed by atoms with Crippen LogP contribution in [0.25, 0.3) is 17.4 Å². The van der Waals surface area contributed by atoms with Gasteiger partial charge in [-0.3, -0.25) is 9.59 Å². The summed E-state index contributed by atoms with van der Waals surface area (Å²) in [6.45, 7) is 6.47. The summed E-state index contributed by atoms with van der Waals surface area (Å²) in [6, 6.07) is 11.0. The minimum Gasteiger partial charge on any atom is -0.461 e. The van der Waals surface area contributed by atoms with Crippen LogP contribution in [0.5, 0.6) is 0 Å². The minimum atomic E-state index is -0.406. The first-order chi connectivity index (χ1) is 20.9. The van der Waals surface area contributed by atoms with E-state index in [-0.39, 0.29) is 23.5 Å². The van der Waals surface area contributed by atoms with Gasteiger partial charge in [0.2, 0.25) is 23.6 Å². The van der Waals surface area contributed by atoms with E-state index in [0.29, 0.717) is 62.2 Å². The number of aromatic nitrogens is 5. The summed E-state index contributed by atoms with van der Waals surface area (Å²) in [5.41, 5.74) is 7.99. The lowest BCUT2D eigenvalue weighted by molar-refractivity contribution is -0.133. The van der Waals surface area contributed by atoms with Gasteiger partial charge >= 0.3 is 0 Å². The Balaban J connectivity index is 1.01. The van der Waals surface area contributed by atoms with Crippen LogP contribution >= 0.6 is 0 Å². The van der Waals surface area contributed by atoms with Crippen LogP contribution in [0.1, 0.15) is 23.2 Å². The van der Waals surface area contributed by atoms with Crippen molar-refractivity contribution in [1.82, 2.24) is 39.3 Å². The number of piperazine rings is 2. The van der Waals surface area contributed by atoms with Crippen molar-refractivity contribution >= 4 is 35.2 Å². The molecule has 3 aliphatic heterocycles. The second-order valence-electron chi connectivity index (χ2n) is 11.3. The van der Waals surface area contributed by atoms with Crippen molar-refractivity contribution in [2.75, 3.05) is 81.5 Å². The Kier molecular flexibility index (Phi) is 7.05. The van der Waals surface area contributed by atoms with Gasteiger partial charge in [-0.2, -0.15) is 19.5 Å². The van der Waals surface area contributed by atoms with Crippen LogP contribution in [0.3, 0.4) is 0 Å². The second kappa shape index (κ2) is 11.2. The van der Waals surface area contributed by atoms with E-state index in [9.17, 15) is 9.59 Å². The number of likely N-dealkylation sites (N-methyl/N-ethyl adjacent to an activating group) is 1. The Labute approximate surface area is 248 Å². The van der Waals surface area contributed by atoms with Crippen molar-refractivity contribution in [3.05, 3.63) is 48.2 Å². The number of hydrogen-bond donors (Lipinski definition) is 1. The Bertz CT molecular complexity index is 1620. The van der Waals surface area contributed by atoms with Crippen molar-refractivity contribution in [1.29, 1.82) is 0 Å². The maximum atomic E-state index is 13.7. The van der Waals surface area contributed by atoms with Gasteiger partial charge in [0.25, 0.3) is 11.7 Å². The molecule has 224 valence electrons. The van der Waals surface area contributed by atoms with Crippen molar-refractivity contribution in [3.63, 3.8) is 0 Å². The molecule has 1 aromatic carbocycles.